The maximum absolute atomic E-state index is 13.0. The predicted octanol–water partition coefficient (Wildman–Crippen LogP) is 3.07. The van der Waals surface area contributed by atoms with Crippen LogP contribution in [0.1, 0.15) is 31.5 Å². The van der Waals surface area contributed by atoms with Crippen molar-refractivity contribution in [2.45, 2.75) is 43.3 Å². The summed E-state index contributed by atoms with van der Waals surface area (Å²) >= 11 is 0. The lowest BCUT2D eigenvalue weighted by Gasteiger charge is -2.43. The molecule has 7 nitrogen and oxygen atoms in total. The minimum absolute atomic E-state index is 0.0658. The smallest absolute Gasteiger partial charge is 0.253 e. The summed E-state index contributed by atoms with van der Waals surface area (Å²) in [5, 5.41) is 7.49. The van der Waals surface area contributed by atoms with Crippen LogP contribution in [0.3, 0.4) is 0 Å². The summed E-state index contributed by atoms with van der Waals surface area (Å²) in [5.41, 5.74) is 1.92. The number of para-hydroxylation sites is 2. The lowest BCUT2D eigenvalue weighted by molar-refractivity contribution is 0.257. The van der Waals surface area contributed by atoms with Crippen molar-refractivity contribution in [3.05, 3.63) is 71.0 Å². The minimum Gasteiger partial charge on any atom is -0.495 e. The molecule has 7 heteroatoms. The number of ether oxygens (including phenoxy) is 1. The summed E-state index contributed by atoms with van der Waals surface area (Å²) in [7, 11) is 3.49. The number of hydrogen-bond donors (Lipinski definition) is 2. The molecule has 2 N–H and O–H groups in total. The molecule has 31 heavy (non-hydrogen) atoms. The Hall–Kier alpha value is -3.19. The Bertz CT molecular complexity index is 1130. The summed E-state index contributed by atoms with van der Waals surface area (Å²) in [4.78, 5) is 22.2. The first kappa shape index (κ1) is 19.8. The van der Waals surface area contributed by atoms with E-state index in [2.05, 4.69) is 15.6 Å². The van der Waals surface area contributed by atoms with Crippen molar-refractivity contribution in [3.63, 3.8) is 0 Å². The van der Waals surface area contributed by atoms with Crippen LogP contribution in [-0.4, -0.2) is 33.7 Å². The molecule has 1 aromatic carbocycles. The van der Waals surface area contributed by atoms with Gasteiger partial charge in [-0.25, -0.2) is 4.98 Å². The van der Waals surface area contributed by atoms with Crippen LogP contribution >= 0.6 is 0 Å². The van der Waals surface area contributed by atoms with Gasteiger partial charge in [-0.15, -0.1) is 0 Å². The van der Waals surface area contributed by atoms with E-state index < -0.39 is 5.54 Å². The Morgan fingerprint density at radius 1 is 1.13 bits per heavy atom. The van der Waals surface area contributed by atoms with Crippen molar-refractivity contribution in [2.24, 2.45) is 7.05 Å². The molecule has 3 aromatic rings. The highest BCUT2D eigenvalue weighted by Gasteiger charge is 2.47. The third-order valence-electron chi connectivity index (χ3n) is 6.54. The molecule has 2 aliphatic heterocycles. The molecule has 0 aliphatic carbocycles. The third-order valence-corrected chi connectivity index (χ3v) is 6.54. The molecule has 0 saturated carbocycles. The highest BCUT2D eigenvalue weighted by molar-refractivity contribution is 5.60. The summed E-state index contributed by atoms with van der Waals surface area (Å²) in [6.45, 7) is 0. The average molecular weight is 418 g/mol. The summed E-state index contributed by atoms with van der Waals surface area (Å²) in [5.74, 6) is 1.54. The molecule has 0 amide bonds. The maximum atomic E-state index is 13.0. The summed E-state index contributed by atoms with van der Waals surface area (Å²) < 4.78 is 7.30. The monoisotopic (exact) mass is 417 g/mol. The van der Waals surface area contributed by atoms with Crippen molar-refractivity contribution in [2.75, 3.05) is 12.4 Å². The molecule has 2 atom stereocenters. The van der Waals surface area contributed by atoms with Gasteiger partial charge in [0.25, 0.3) is 5.56 Å². The number of pyridine rings is 1. The fourth-order valence-electron chi connectivity index (χ4n) is 5.13. The van der Waals surface area contributed by atoms with Gasteiger partial charge in [0.2, 0.25) is 0 Å². The zero-order chi connectivity index (χ0) is 21.4. The predicted molar refractivity (Wildman–Crippen MR) is 120 cm³/mol. The van der Waals surface area contributed by atoms with Crippen LogP contribution in [0, 0.1) is 0 Å². The molecule has 2 bridgehead atoms. The molecule has 2 saturated heterocycles. The quantitative estimate of drug-likeness (QED) is 0.664. The van der Waals surface area contributed by atoms with Crippen LogP contribution in [0.15, 0.2) is 59.7 Å². The fraction of sp³-hybridized carbons (Fsp3) is 0.375. The number of fused-ring (bicyclic) bond motifs is 2. The van der Waals surface area contributed by atoms with E-state index in [0.29, 0.717) is 17.8 Å². The number of anilines is 1. The van der Waals surface area contributed by atoms with E-state index in [1.54, 1.807) is 30.1 Å². The summed E-state index contributed by atoms with van der Waals surface area (Å²) in [6, 6.07) is 14.1. The molecule has 2 fully saturated rings. The molecule has 160 valence electrons. The van der Waals surface area contributed by atoms with Crippen LogP contribution in [0.4, 0.5) is 5.69 Å². The van der Waals surface area contributed by atoms with Crippen molar-refractivity contribution in [1.29, 1.82) is 0 Å². The Morgan fingerprint density at radius 2 is 1.84 bits per heavy atom. The molecule has 2 aromatic heterocycles. The van der Waals surface area contributed by atoms with Gasteiger partial charge in [0.05, 0.1) is 24.0 Å². The van der Waals surface area contributed by atoms with Crippen LogP contribution in [0.25, 0.3) is 11.3 Å². The largest absolute Gasteiger partial charge is 0.495 e. The van der Waals surface area contributed by atoms with E-state index in [1.165, 1.54) is 0 Å². The Kier molecular flexibility index (Phi) is 4.98. The maximum Gasteiger partial charge on any atom is 0.253 e. The van der Waals surface area contributed by atoms with Crippen molar-refractivity contribution in [3.8, 4) is 17.0 Å². The molecular formula is C24H27N5O2. The first-order valence-corrected chi connectivity index (χ1v) is 10.7. The average Bonchev–Trinajstić information content (AvgIpc) is 3.14. The van der Waals surface area contributed by atoms with Crippen LogP contribution in [0.5, 0.6) is 5.75 Å². The Morgan fingerprint density at radius 3 is 2.55 bits per heavy atom. The van der Waals surface area contributed by atoms with E-state index in [-0.39, 0.29) is 5.56 Å². The van der Waals surface area contributed by atoms with Gasteiger partial charge < -0.3 is 15.4 Å². The lowest BCUT2D eigenvalue weighted by atomic mass is 9.82. The summed E-state index contributed by atoms with van der Waals surface area (Å²) in [6.07, 6.45) is 7.42. The highest BCUT2D eigenvalue weighted by atomic mass is 16.5. The number of benzene rings is 1. The molecule has 0 radical (unpaired) electrons. The van der Waals surface area contributed by atoms with Crippen LogP contribution in [-0.2, 0) is 12.6 Å². The number of hydrogen-bond acceptors (Lipinski definition) is 6. The van der Waals surface area contributed by atoms with E-state index in [4.69, 9.17) is 9.72 Å². The molecule has 2 unspecified atom stereocenters. The second-order valence-electron chi connectivity index (χ2n) is 8.55. The van der Waals surface area contributed by atoms with Gasteiger partial charge in [0.1, 0.15) is 11.6 Å². The topological polar surface area (TPSA) is 81.1 Å². The normalized spacial score (nSPS) is 24.7. The van der Waals surface area contributed by atoms with Crippen LogP contribution in [0.2, 0.25) is 0 Å². The number of rotatable bonds is 5. The number of methoxy groups -OCH3 is 1. The lowest BCUT2D eigenvalue weighted by Crippen LogP contribution is -2.53. The minimum atomic E-state index is -0.483. The van der Waals surface area contributed by atoms with Crippen molar-refractivity contribution >= 4 is 5.69 Å². The molecular weight excluding hydrogens is 390 g/mol. The van der Waals surface area contributed by atoms with Gasteiger partial charge >= 0.3 is 0 Å². The van der Waals surface area contributed by atoms with E-state index in [0.717, 1.165) is 48.5 Å². The Labute approximate surface area is 181 Å². The van der Waals surface area contributed by atoms with Crippen molar-refractivity contribution < 1.29 is 4.74 Å². The third kappa shape index (κ3) is 3.59. The van der Waals surface area contributed by atoms with Gasteiger partial charge in [0, 0.05) is 43.2 Å². The van der Waals surface area contributed by atoms with Gasteiger partial charge in [-0.3, -0.25) is 14.3 Å². The SMILES string of the molecule is COc1ccccc1NC1(c2nc(-c3ccncc3)cc(=O)n2C)CC2CCC(C1)N2. The van der Waals surface area contributed by atoms with E-state index in [9.17, 15) is 4.79 Å². The highest BCUT2D eigenvalue weighted by Crippen LogP contribution is 2.43. The Balaban J connectivity index is 1.67. The molecule has 4 heterocycles. The van der Waals surface area contributed by atoms with Gasteiger partial charge in [0.15, 0.2) is 0 Å². The van der Waals surface area contributed by atoms with Gasteiger partial charge in [-0.05, 0) is 49.9 Å². The first-order chi connectivity index (χ1) is 15.1. The number of nitrogens with one attached hydrogen (secondary N) is 2. The zero-order valence-corrected chi connectivity index (χ0v) is 17.8. The number of aromatic nitrogens is 3. The van der Waals surface area contributed by atoms with E-state index >= 15 is 0 Å². The van der Waals surface area contributed by atoms with Crippen molar-refractivity contribution in [1.82, 2.24) is 19.9 Å². The van der Waals surface area contributed by atoms with Gasteiger partial charge in [-0.1, -0.05) is 12.1 Å². The fourth-order valence-corrected chi connectivity index (χ4v) is 5.13. The standard InChI is InChI=1S/C24H27N5O2/c1-29-22(30)13-20(16-9-11-25-12-10-16)27-23(29)24(14-17-7-8-18(15-24)26-17)28-19-5-3-4-6-21(19)31-2/h3-6,9-13,17-18,26,28H,7-8,14-15H2,1-2H3. The van der Waals surface area contributed by atoms with E-state index in [1.807, 2.05) is 43.4 Å². The number of nitrogens with zero attached hydrogens (tertiary/aromatic N) is 3. The second kappa shape index (κ2) is 7.81. The van der Waals surface area contributed by atoms with Gasteiger partial charge in [-0.2, -0.15) is 0 Å². The van der Waals surface area contributed by atoms with Crippen LogP contribution < -0.4 is 20.9 Å². The number of piperidine rings is 1. The molecule has 5 rings (SSSR count). The second-order valence-corrected chi connectivity index (χ2v) is 8.55. The first-order valence-electron chi connectivity index (χ1n) is 10.7. The molecule has 0 spiro atoms. The molecule has 2 aliphatic rings. The zero-order valence-electron chi connectivity index (χ0n) is 17.8.